The van der Waals surface area contributed by atoms with E-state index in [1.807, 2.05) is 17.6 Å². The molecule has 8 heteroatoms. The zero-order valence-electron chi connectivity index (χ0n) is 20.4. The number of aryl methyl sites for hydroxylation is 2. The summed E-state index contributed by atoms with van der Waals surface area (Å²) in [4.78, 5) is 27.0. The number of hydrogen-bond donors (Lipinski definition) is 0. The fourth-order valence-electron chi connectivity index (χ4n) is 4.90. The van der Waals surface area contributed by atoms with Gasteiger partial charge in [0.2, 0.25) is 0 Å². The minimum Gasteiger partial charge on any atom is -0.363 e. The Morgan fingerprint density at radius 3 is 2.82 bits per heavy atom. The van der Waals surface area contributed by atoms with E-state index >= 15 is 0 Å². The largest absolute Gasteiger partial charge is 0.363 e. The highest BCUT2D eigenvalue weighted by Crippen LogP contribution is 2.31. The summed E-state index contributed by atoms with van der Waals surface area (Å²) in [5, 5.41) is 1.10. The Balaban J connectivity index is 1.41. The van der Waals surface area contributed by atoms with E-state index in [1.165, 1.54) is 10.3 Å². The molecule has 1 aliphatic rings. The van der Waals surface area contributed by atoms with E-state index in [2.05, 4.69) is 65.6 Å². The molecule has 0 N–H and O–H groups in total. The molecule has 2 atom stereocenters. The van der Waals surface area contributed by atoms with Crippen LogP contribution in [0.3, 0.4) is 0 Å². The average Bonchev–Trinajstić information content (AvgIpc) is 3.42. The summed E-state index contributed by atoms with van der Waals surface area (Å²) in [5.41, 5.74) is 4.96. The monoisotopic (exact) mass is 474 g/mol. The summed E-state index contributed by atoms with van der Waals surface area (Å²) in [6, 6.07) is 8.92. The van der Waals surface area contributed by atoms with Gasteiger partial charge < -0.3 is 4.90 Å². The molecule has 1 aliphatic heterocycles. The summed E-state index contributed by atoms with van der Waals surface area (Å²) < 4.78 is 4.71. The lowest BCUT2D eigenvalue weighted by molar-refractivity contribution is 0.176. The van der Waals surface area contributed by atoms with Crippen LogP contribution in [0.4, 0.5) is 5.69 Å². The number of imidazole rings is 1. The van der Waals surface area contributed by atoms with Crippen LogP contribution < -0.4 is 10.5 Å². The Kier molecular flexibility index (Phi) is 5.92. The lowest BCUT2D eigenvalue weighted by Crippen LogP contribution is -2.53. The molecular formula is C26H30N6OS. The van der Waals surface area contributed by atoms with Crippen molar-refractivity contribution in [3.63, 3.8) is 0 Å². The molecule has 34 heavy (non-hydrogen) atoms. The van der Waals surface area contributed by atoms with Crippen LogP contribution in [0.2, 0.25) is 0 Å². The maximum atomic E-state index is 12.7. The minimum absolute atomic E-state index is 0.0378. The van der Waals surface area contributed by atoms with Crippen LogP contribution >= 0.6 is 11.3 Å². The van der Waals surface area contributed by atoms with Gasteiger partial charge in [0.15, 0.2) is 5.65 Å². The molecule has 3 aromatic heterocycles. The van der Waals surface area contributed by atoms with Gasteiger partial charge in [-0.1, -0.05) is 12.0 Å². The first-order valence-electron chi connectivity index (χ1n) is 11.7. The van der Waals surface area contributed by atoms with Gasteiger partial charge in [0.05, 0.1) is 39.2 Å². The maximum absolute atomic E-state index is 12.7. The molecule has 0 bridgehead atoms. The van der Waals surface area contributed by atoms with Crippen LogP contribution in [0.15, 0.2) is 35.3 Å². The van der Waals surface area contributed by atoms with Gasteiger partial charge in [-0.3, -0.25) is 9.69 Å². The van der Waals surface area contributed by atoms with Crippen molar-refractivity contribution >= 4 is 32.9 Å². The first kappa shape index (κ1) is 22.6. The van der Waals surface area contributed by atoms with Gasteiger partial charge in [-0.2, -0.15) is 0 Å². The van der Waals surface area contributed by atoms with Crippen molar-refractivity contribution in [3.8, 4) is 11.8 Å². The highest BCUT2D eigenvalue weighted by molar-refractivity contribution is 7.18. The van der Waals surface area contributed by atoms with Gasteiger partial charge in [0.25, 0.3) is 5.56 Å². The van der Waals surface area contributed by atoms with Crippen molar-refractivity contribution in [2.45, 2.75) is 46.2 Å². The molecule has 1 aromatic carbocycles. The van der Waals surface area contributed by atoms with Crippen molar-refractivity contribution in [1.29, 1.82) is 0 Å². The van der Waals surface area contributed by atoms with Crippen LogP contribution in [-0.4, -0.2) is 49.7 Å². The van der Waals surface area contributed by atoms with Crippen LogP contribution in [0.1, 0.15) is 43.1 Å². The summed E-state index contributed by atoms with van der Waals surface area (Å²) in [7, 11) is 1.78. The highest BCUT2D eigenvalue weighted by Gasteiger charge is 2.29. The molecule has 1 fully saturated rings. The van der Waals surface area contributed by atoms with Crippen molar-refractivity contribution < 1.29 is 0 Å². The van der Waals surface area contributed by atoms with Gasteiger partial charge in [0, 0.05) is 44.8 Å². The minimum atomic E-state index is -0.0378. The second-order valence-corrected chi connectivity index (χ2v) is 10.3. The zero-order valence-corrected chi connectivity index (χ0v) is 21.2. The predicted octanol–water partition coefficient (Wildman–Crippen LogP) is 3.79. The maximum Gasteiger partial charge on any atom is 0.267 e. The predicted molar refractivity (Wildman–Crippen MR) is 139 cm³/mol. The molecule has 4 aromatic rings. The SMILES string of the molecule is CC#CCc1cn2c(n1)c(N1CCN(C(C)c3ccc4nc(C)sc4c3)CC1C)cc(=O)n2C. The molecule has 176 valence electrons. The molecule has 7 nitrogen and oxygen atoms in total. The standard InChI is InChI=1S/C26H30N6OS/c1-6-7-8-21-16-32-26(28-21)23(14-25(33)29(32)5)31-12-11-30(15-17(31)2)18(3)20-9-10-22-24(13-20)34-19(4)27-22/h9-10,13-14,16-18H,8,11-12,15H2,1-5H3. The first-order valence-corrected chi connectivity index (χ1v) is 12.5. The van der Waals surface area contributed by atoms with Gasteiger partial charge in [0.1, 0.15) is 0 Å². The molecule has 5 rings (SSSR count). The van der Waals surface area contributed by atoms with Crippen LogP contribution in [0.5, 0.6) is 0 Å². The number of anilines is 1. The van der Waals surface area contributed by atoms with Crippen LogP contribution in [0, 0.1) is 18.8 Å². The number of aromatic nitrogens is 4. The third kappa shape index (κ3) is 3.99. The highest BCUT2D eigenvalue weighted by atomic mass is 32.1. The lowest BCUT2D eigenvalue weighted by atomic mass is 10.0. The normalized spacial score (nSPS) is 17.8. The second-order valence-electron chi connectivity index (χ2n) is 9.07. The smallest absolute Gasteiger partial charge is 0.267 e. The Morgan fingerprint density at radius 2 is 2.06 bits per heavy atom. The van der Waals surface area contributed by atoms with Crippen LogP contribution in [0.25, 0.3) is 15.9 Å². The molecule has 0 radical (unpaired) electrons. The Morgan fingerprint density at radius 1 is 1.24 bits per heavy atom. The van der Waals surface area contributed by atoms with Crippen molar-refractivity contribution in [2.75, 3.05) is 24.5 Å². The Bertz CT molecular complexity index is 1490. The first-order chi connectivity index (χ1) is 16.4. The van der Waals surface area contributed by atoms with Crippen molar-refractivity contribution in [3.05, 3.63) is 57.1 Å². The van der Waals surface area contributed by atoms with Gasteiger partial charge >= 0.3 is 0 Å². The van der Waals surface area contributed by atoms with Gasteiger partial charge in [-0.05, 0) is 45.4 Å². The topological polar surface area (TPSA) is 58.7 Å². The molecule has 0 amide bonds. The van der Waals surface area contributed by atoms with E-state index in [-0.39, 0.29) is 11.6 Å². The number of hydrogen-bond acceptors (Lipinski definition) is 6. The number of fused-ring (bicyclic) bond motifs is 2. The van der Waals surface area contributed by atoms with Gasteiger partial charge in [-0.25, -0.2) is 19.2 Å². The molecule has 2 unspecified atom stereocenters. The van der Waals surface area contributed by atoms with E-state index in [0.29, 0.717) is 12.5 Å². The van der Waals surface area contributed by atoms with Crippen molar-refractivity contribution in [1.82, 2.24) is 24.1 Å². The third-order valence-electron chi connectivity index (χ3n) is 6.83. The summed E-state index contributed by atoms with van der Waals surface area (Å²) in [6.45, 7) is 11.1. The summed E-state index contributed by atoms with van der Waals surface area (Å²) in [5.74, 6) is 6.00. The quantitative estimate of drug-likeness (QED) is 0.421. The number of benzene rings is 1. The lowest BCUT2D eigenvalue weighted by Gasteiger charge is -2.43. The number of nitrogens with zero attached hydrogens (tertiary/aromatic N) is 6. The molecular weight excluding hydrogens is 444 g/mol. The molecule has 0 saturated carbocycles. The fourth-order valence-corrected chi connectivity index (χ4v) is 5.78. The summed E-state index contributed by atoms with van der Waals surface area (Å²) >= 11 is 1.75. The fraction of sp³-hybridized carbons (Fsp3) is 0.423. The molecule has 0 aliphatic carbocycles. The number of piperazine rings is 1. The Labute approximate surface area is 203 Å². The summed E-state index contributed by atoms with van der Waals surface area (Å²) in [6.07, 6.45) is 2.50. The Hall–Kier alpha value is -3.15. The zero-order chi connectivity index (χ0) is 24.0. The molecule has 1 saturated heterocycles. The van der Waals surface area contributed by atoms with Crippen LogP contribution in [-0.2, 0) is 13.5 Å². The van der Waals surface area contributed by atoms with E-state index in [4.69, 9.17) is 4.98 Å². The third-order valence-corrected chi connectivity index (χ3v) is 7.77. The second kappa shape index (κ2) is 8.90. The van der Waals surface area contributed by atoms with E-state index in [0.717, 1.165) is 47.2 Å². The number of thiazole rings is 1. The van der Waals surface area contributed by atoms with E-state index in [9.17, 15) is 4.79 Å². The van der Waals surface area contributed by atoms with Crippen molar-refractivity contribution in [2.24, 2.45) is 7.05 Å². The molecule has 0 spiro atoms. The van der Waals surface area contributed by atoms with E-state index in [1.54, 1.807) is 29.1 Å². The van der Waals surface area contributed by atoms with Gasteiger partial charge in [-0.15, -0.1) is 17.3 Å². The molecule has 4 heterocycles. The van der Waals surface area contributed by atoms with E-state index < -0.39 is 0 Å². The average molecular weight is 475 g/mol. The number of rotatable bonds is 4.